The Hall–Kier alpha value is -0.630. The molecule has 0 saturated heterocycles. The first-order valence-corrected chi connectivity index (χ1v) is 5.56. The highest BCUT2D eigenvalue weighted by atomic mass is 16.3. The van der Waals surface area contributed by atoms with E-state index in [1.165, 1.54) is 5.57 Å². The fourth-order valence-corrected chi connectivity index (χ4v) is 2.74. The molecule has 0 bridgehead atoms. The van der Waals surface area contributed by atoms with Crippen molar-refractivity contribution in [1.82, 2.24) is 0 Å². The van der Waals surface area contributed by atoms with Crippen LogP contribution in [0.4, 0.5) is 0 Å². The summed E-state index contributed by atoms with van der Waals surface area (Å²) in [6, 6.07) is 0. The molecule has 0 aromatic heterocycles. The van der Waals surface area contributed by atoms with E-state index in [9.17, 15) is 9.90 Å². The van der Waals surface area contributed by atoms with Crippen LogP contribution in [0.1, 0.15) is 39.0 Å². The second-order valence-electron chi connectivity index (χ2n) is 4.62. The summed E-state index contributed by atoms with van der Waals surface area (Å²) in [5.41, 5.74) is 1.40. The van der Waals surface area contributed by atoms with E-state index in [4.69, 9.17) is 0 Å². The van der Waals surface area contributed by atoms with Crippen molar-refractivity contribution in [1.29, 1.82) is 0 Å². The minimum atomic E-state index is -0.197. The Bertz CT molecular complexity index is 267. The van der Waals surface area contributed by atoms with Gasteiger partial charge in [-0.25, -0.2) is 0 Å². The Kier molecular flexibility index (Phi) is 2.73. The van der Waals surface area contributed by atoms with Crippen LogP contribution in [0.15, 0.2) is 11.6 Å². The maximum atomic E-state index is 11.3. The van der Waals surface area contributed by atoms with Gasteiger partial charge in [-0.1, -0.05) is 11.6 Å². The smallest absolute Gasteiger partial charge is 0.133 e. The Balaban J connectivity index is 2.12. The highest BCUT2D eigenvalue weighted by Gasteiger charge is 2.33. The van der Waals surface area contributed by atoms with Crippen LogP contribution in [-0.2, 0) is 4.79 Å². The topological polar surface area (TPSA) is 37.3 Å². The number of ketones is 1. The lowest BCUT2D eigenvalue weighted by Crippen LogP contribution is -2.32. The number of hydrogen-bond acceptors (Lipinski definition) is 2. The zero-order valence-electron chi connectivity index (χ0n) is 8.70. The van der Waals surface area contributed by atoms with Gasteiger partial charge >= 0.3 is 0 Å². The number of carbonyl (C=O) groups is 1. The lowest BCUT2D eigenvalue weighted by Gasteiger charge is -2.35. The summed E-state index contributed by atoms with van der Waals surface area (Å²) in [7, 11) is 0. The Morgan fingerprint density at radius 1 is 1.57 bits per heavy atom. The third-order valence-corrected chi connectivity index (χ3v) is 3.68. The Morgan fingerprint density at radius 2 is 2.36 bits per heavy atom. The van der Waals surface area contributed by atoms with Crippen molar-refractivity contribution in [2.24, 2.45) is 11.8 Å². The first-order valence-electron chi connectivity index (χ1n) is 5.56. The average Bonchev–Trinajstić information content (AvgIpc) is 2.18. The van der Waals surface area contributed by atoms with Crippen molar-refractivity contribution >= 4 is 5.78 Å². The molecule has 3 atom stereocenters. The van der Waals surface area contributed by atoms with Gasteiger partial charge in [0, 0.05) is 11.8 Å². The van der Waals surface area contributed by atoms with E-state index in [1.807, 2.05) is 0 Å². The molecule has 0 aliphatic heterocycles. The summed E-state index contributed by atoms with van der Waals surface area (Å²) in [5, 5.41) is 9.85. The van der Waals surface area contributed by atoms with Gasteiger partial charge in [-0.2, -0.15) is 0 Å². The van der Waals surface area contributed by atoms with Crippen molar-refractivity contribution in [2.75, 3.05) is 0 Å². The lowest BCUT2D eigenvalue weighted by molar-refractivity contribution is -0.121. The standard InChI is InChI=1S/C12H18O2/c1-8(13)10-6-5-9-3-2-4-12(14)11(9)7-10/h5,10-12,14H,2-4,6-7H2,1H3/t10-,11+,12+/m1/s1. The molecule has 78 valence electrons. The molecule has 14 heavy (non-hydrogen) atoms. The van der Waals surface area contributed by atoms with Crippen molar-refractivity contribution < 1.29 is 9.90 Å². The highest BCUT2D eigenvalue weighted by Crippen LogP contribution is 2.39. The van der Waals surface area contributed by atoms with Crippen LogP contribution >= 0.6 is 0 Å². The van der Waals surface area contributed by atoms with E-state index < -0.39 is 0 Å². The maximum absolute atomic E-state index is 11.3. The van der Waals surface area contributed by atoms with E-state index in [0.717, 1.165) is 32.1 Å². The van der Waals surface area contributed by atoms with Crippen molar-refractivity contribution in [2.45, 2.75) is 45.1 Å². The molecule has 0 radical (unpaired) electrons. The normalized spacial score (nSPS) is 37.3. The summed E-state index contributed by atoms with van der Waals surface area (Å²) in [6.07, 6.45) is 6.92. The van der Waals surface area contributed by atoms with Gasteiger partial charge in [0.2, 0.25) is 0 Å². The van der Waals surface area contributed by atoms with Crippen LogP contribution in [-0.4, -0.2) is 17.0 Å². The third kappa shape index (κ3) is 1.76. The molecule has 0 spiro atoms. The molecular formula is C12H18O2. The predicted molar refractivity (Wildman–Crippen MR) is 54.8 cm³/mol. The minimum absolute atomic E-state index is 0.163. The highest BCUT2D eigenvalue weighted by molar-refractivity contribution is 5.78. The lowest BCUT2D eigenvalue weighted by atomic mass is 9.71. The van der Waals surface area contributed by atoms with Gasteiger partial charge in [-0.3, -0.25) is 4.79 Å². The fraction of sp³-hybridized carbons (Fsp3) is 0.750. The molecule has 1 N–H and O–H groups in total. The number of hydrogen-bond donors (Lipinski definition) is 1. The molecule has 2 aliphatic carbocycles. The molecule has 2 aliphatic rings. The fourth-order valence-electron chi connectivity index (χ4n) is 2.74. The summed E-state index contributed by atoms with van der Waals surface area (Å²) in [6.45, 7) is 1.67. The SMILES string of the molecule is CC(=O)[C@@H]1CC=C2CCC[C@H](O)[C@H]2C1. The zero-order chi connectivity index (χ0) is 10.1. The third-order valence-electron chi connectivity index (χ3n) is 3.68. The number of allylic oxidation sites excluding steroid dienone is 1. The van der Waals surface area contributed by atoms with Gasteiger partial charge in [-0.15, -0.1) is 0 Å². The zero-order valence-corrected chi connectivity index (χ0v) is 8.70. The molecule has 2 rings (SSSR count). The monoisotopic (exact) mass is 194 g/mol. The summed E-state index contributed by atoms with van der Waals surface area (Å²) < 4.78 is 0. The Morgan fingerprint density at radius 3 is 3.07 bits per heavy atom. The molecule has 2 nitrogen and oxygen atoms in total. The molecule has 1 saturated carbocycles. The number of fused-ring (bicyclic) bond motifs is 1. The Labute approximate surface area is 85.0 Å². The van der Waals surface area contributed by atoms with E-state index in [0.29, 0.717) is 0 Å². The number of carbonyl (C=O) groups excluding carboxylic acids is 1. The van der Waals surface area contributed by atoms with Crippen molar-refractivity contribution in [3.63, 3.8) is 0 Å². The molecule has 0 amide bonds. The van der Waals surface area contributed by atoms with Crippen LogP contribution in [0.5, 0.6) is 0 Å². The van der Waals surface area contributed by atoms with Gasteiger partial charge in [-0.05, 0) is 39.0 Å². The number of aliphatic hydroxyl groups excluding tert-OH is 1. The second kappa shape index (κ2) is 3.85. The number of Topliss-reactive ketones (excluding diaryl/α,β-unsaturated/α-hetero) is 1. The van der Waals surface area contributed by atoms with Gasteiger partial charge in [0.15, 0.2) is 0 Å². The van der Waals surface area contributed by atoms with Crippen LogP contribution in [0, 0.1) is 11.8 Å². The maximum Gasteiger partial charge on any atom is 0.133 e. The van der Waals surface area contributed by atoms with Gasteiger partial charge in [0.25, 0.3) is 0 Å². The van der Waals surface area contributed by atoms with Crippen LogP contribution < -0.4 is 0 Å². The predicted octanol–water partition coefficient (Wildman–Crippen LogP) is 2.07. The van der Waals surface area contributed by atoms with Crippen LogP contribution in [0.3, 0.4) is 0 Å². The average molecular weight is 194 g/mol. The number of aliphatic hydroxyl groups is 1. The van der Waals surface area contributed by atoms with Crippen molar-refractivity contribution in [3.8, 4) is 0 Å². The molecule has 0 aromatic rings. The number of rotatable bonds is 1. The van der Waals surface area contributed by atoms with E-state index in [1.54, 1.807) is 6.92 Å². The largest absolute Gasteiger partial charge is 0.393 e. The van der Waals surface area contributed by atoms with E-state index in [2.05, 4.69) is 6.08 Å². The van der Waals surface area contributed by atoms with Crippen LogP contribution in [0.2, 0.25) is 0 Å². The second-order valence-corrected chi connectivity index (χ2v) is 4.62. The van der Waals surface area contributed by atoms with E-state index >= 15 is 0 Å². The minimum Gasteiger partial charge on any atom is -0.393 e. The summed E-state index contributed by atoms with van der Waals surface area (Å²) in [4.78, 5) is 11.3. The quantitative estimate of drug-likeness (QED) is 0.649. The molecule has 1 fully saturated rings. The van der Waals surface area contributed by atoms with Gasteiger partial charge < -0.3 is 5.11 Å². The summed E-state index contributed by atoms with van der Waals surface area (Å²) >= 11 is 0. The first-order chi connectivity index (χ1) is 6.68. The van der Waals surface area contributed by atoms with Gasteiger partial charge in [0.1, 0.15) is 5.78 Å². The molecular weight excluding hydrogens is 176 g/mol. The van der Waals surface area contributed by atoms with Crippen LogP contribution in [0.25, 0.3) is 0 Å². The first kappa shape index (κ1) is 9.91. The molecule has 0 heterocycles. The molecule has 0 aromatic carbocycles. The van der Waals surface area contributed by atoms with Crippen molar-refractivity contribution in [3.05, 3.63) is 11.6 Å². The molecule has 0 unspecified atom stereocenters. The van der Waals surface area contributed by atoms with E-state index in [-0.39, 0.29) is 23.7 Å². The van der Waals surface area contributed by atoms with Gasteiger partial charge in [0.05, 0.1) is 6.10 Å². The summed E-state index contributed by atoms with van der Waals surface area (Å²) in [5.74, 6) is 0.723. The molecule has 2 heteroatoms.